The predicted octanol–water partition coefficient (Wildman–Crippen LogP) is 2.87. The van der Waals surface area contributed by atoms with Crippen LogP contribution in [0.1, 0.15) is 17.2 Å². The Morgan fingerprint density at radius 3 is 2.38 bits per heavy atom. The molecule has 5 rings (SSSR count). The summed E-state index contributed by atoms with van der Waals surface area (Å²) in [4.78, 5) is 30.1. The number of carbonyl (C=O) groups is 2. The van der Waals surface area contributed by atoms with Gasteiger partial charge in [-0.3, -0.25) is 14.5 Å². The first kappa shape index (κ1) is 22.7. The molecule has 2 aromatic rings. The summed E-state index contributed by atoms with van der Waals surface area (Å²) in [7, 11) is 0. The number of hydrogen-bond acceptors (Lipinski definition) is 7. The summed E-state index contributed by atoms with van der Waals surface area (Å²) in [6.07, 6.45) is 0. The van der Waals surface area contributed by atoms with Crippen LogP contribution in [0, 0.1) is 0 Å². The average Bonchev–Trinajstić information content (AvgIpc) is 3.12. The fraction of sp³-hybridized carbons (Fsp3) is 0.360. The monoisotopic (exact) mass is 484 g/mol. The maximum Gasteiger partial charge on any atom is 0.295 e. The molecule has 9 heteroatoms. The van der Waals surface area contributed by atoms with E-state index in [1.54, 1.807) is 42.5 Å². The number of amides is 1. The molecule has 1 atom stereocenters. The third-order valence-corrected chi connectivity index (χ3v) is 6.55. The van der Waals surface area contributed by atoms with Gasteiger partial charge >= 0.3 is 0 Å². The van der Waals surface area contributed by atoms with Gasteiger partial charge in [0, 0.05) is 36.8 Å². The number of fused-ring (bicyclic) bond motifs is 1. The Morgan fingerprint density at radius 2 is 1.65 bits per heavy atom. The first-order valence-corrected chi connectivity index (χ1v) is 11.6. The maximum atomic E-state index is 13.2. The third-order valence-electron chi connectivity index (χ3n) is 6.30. The average molecular weight is 485 g/mol. The van der Waals surface area contributed by atoms with Crippen LogP contribution in [0.5, 0.6) is 11.5 Å². The molecule has 0 aromatic heterocycles. The van der Waals surface area contributed by atoms with Gasteiger partial charge in [0.05, 0.1) is 24.8 Å². The van der Waals surface area contributed by atoms with Crippen LogP contribution < -0.4 is 9.47 Å². The van der Waals surface area contributed by atoms with Gasteiger partial charge in [-0.2, -0.15) is 0 Å². The SMILES string of the molecule is O=C1C(=O)N(CCN2CCOCC2)C(c2ccc(Cl)cc2)/C1=C(\O)c1ccc2c(c1)OCCO2. The number of aliphatic hydroxyl groups excluding tert-OH is 1. The van der Waals surface area contributed by atoms with Gasteiger partial charge in [0.1, 0.15) is 19.0 Å². The van der Waals surface area contributed by atoms with E-state index < -0.39 is 17.7 Å². The minimum absolute atomic E-state index is 0.0472. The smallest absolute Gasteiger partial charge is 0.295 e. The maximum absolute atomic E-state index is 13.2. The molecule has 1 unspecified atom stereocenters. The number of ether oxygens (including phenoxy) is 3. The zero-order valence-electron chi connectivity index (χ0n) is 18.5. The lowest BCUT2D eigenvalue weighted by Gasteiger charge is -2.31. The normalized spacial score (nSPS) is 22.3. The van der Waals surface area contributed by atoms with E-state index in [-0.39, 0.29) is 11.3 Å². The van der Waals surface area contributed by atoms with Crippen molar-refractivity contribution in [2.75, 3.05) is 52.6 Å². The molecule has 178 valence electrons. The van der Waals surface area contributed by atoms with Crippen molar-refractivity contribution >= 4 is 29.1 Å². The fourth-order valence-electron chi connectivity index (χ4n) is 4.52. The number of morpholine rings is 1. The summed E-state index contributed by atoms with van der Waals surface area (Å²) in [5.74, 6) is -0.534. The second-order valence-corrected chi connectivity index (χ2v) is 8.79. The van der Waals surface area contributed by atoms with Crippen LogP contribution in [0.15, 0.2) is 48.0 Å². The van der Waals surface area contributed by atoms with Crippen molar-refractivity contribution in [3.05, 3.63) is 64.2 Å². The van der Waals surface area contributed by atoms with Gasteiger partial charge in [-0.1, -0.05) is 23.7 Å². The van der Waals surface area contributed by atoms with E-state index in [9.17, 15) is 14.7 Å². The largest absolute Gasteiger partial charge is 0.507 e. The lowest BCUT2D eigenvalue weighted by atomic mass is 9.95. The fourth-order valence-corrected chi connectivity index (χ4v) is 4.65. The van der Waals surface area contributed by atoms with Gasteiger partial charge in [-0.05, 0) is 35.9 Å². The van der Waals surface area contributed by atoms with Gasteiger partial charge in [-0.15, -0.1) is 0 Å². The van der Waals surface area contributed by atoms with Crippen molar-refractivity contribution in [1.29, 1.82) is 0 Å². The van der Waals surface area contributed by atoms with Crippen LogP contribution in [0.2, 0.25) is 5.02 Å². The van der Waals surface area contributed by atoms with Gasteiger partial charge in [0.25, 0.3) is 11.7 Å². The molecule has 0 spiro atoms. The molecule has 3 aliphatic rings. The van der Waals surface area contributed by atoms with Crippen molar-refractivity contribution < 1.29 is 28.9 Å². The molecule has 2 aromatic carbocycles. The molecule has 0 bridgehead atoms. The summed E-state index contributed by atoms with van der Waals surface area (Å²) in [5.41, 5.74) is 1.13. The van der Waals surface area contributed by atoms with Crippen LogP contribution in [0.25, 0.3) is 5.76 Å². The Kier molecular flexibility index (Phi) is 6.45. The van der Waals surface area contributed by atoms with Crippen LogP contribution in [0.4, 0.5) is 0 Å². The number of halogens is 1. The summed E-state index contributed by atoms with van der Waals surface area (Å²) in [5, 5.41) is 11.8. The second-order valence-electron chi connectivity index (χ2n) is 8.36. The van der Waals surface area contributed by atoms with Crippen molar-refractivity contribution in [3.63, 3.8) is 0 Å². The zero-order chi connectivity index (χ0) is 23.7. The van der Waals surface area contributed by atoms with Crippen molar-refractivity contribution in [1.82, 2.24) is 9.80 Å². The Bertz CT molecular complexity index is 1130. The van der Waals surface area contributed by atoms with Gasteiger partial charge < -0.3 is 24.2 Å². The highest BCUT2D eigenvalue weighted by Crippen LogP contribution is 2.41. The topological polar surface area (TPSA) is 88.5 Å². The number of Topliss-reactive ketones (excluding diaryl/α,β-unsaturated/α-hetero) is 1. The van der Waals surface area contributed by atoms with Crippen molar-refractivity contribution in [2.24, 2.45) is 0 Å². The number of ketones is 1. The lowest BCUT2D eigenvalue weighted by Crippen LogP contribution is -2.42. The zero-order valence-corrected chi connectivity index (χ0v) is 19.3. The first-order chi connectivity index (χ1) is 16.5. The van der Waals surface area contributed by atoms with E-state index in [1.165, 1.54) is 4.90 Å². The number of hydrogen-bond donors (Lipinski definition) is 1. The summed E-state index contributed by atoms with van der Waals surface area (Å²) >= 11 is 6.08. The van der Waals surface area contributed by atoms with Crippen LogP contribution in [-0.2, 0) is 14.3 Å². The van der Waals surface area contributed by atoms with Gasteiger partial charge in [-0.25, -0.2) is 0 Å². The second kappa shape index (κ2) is 9.66. The molecule has 0 aliphatic carbocycles. The molecule has 0 radical (unpaired) electrons. The van der Waals surface area contributed by atoms with E-state index in [2.05, 4.69) is 4.90 Å². The molecule has 1 N–H and O–H groups in total. The summed E-state index contributed by atoms with van der Waals surface area (Å²) in [6.45, 7) is 4.62. The minimum Gasteiger partial charge on any atom is -0.507 e. The third kappa shape index (κ3) is 4.36. The molecule has 3 aliphatic heterocycles. The summed E-state index contributed by atoms with van der Waals surface area (Å²) < 4.78 is 16.6. The van der Waals surface area contributed by atoms with E-state index in [0.29, 0.717) is 67.2 Å². The summed E-state index contributed by atoms with van der Waals surface area (Å²) in [6, 6.07) is 11.2. The van der Waals surface area contributed by atoms with Crippen LogP contribution >= 0.6 is 11.6 Å². The lowest BCUT2D eigenvalue weighted by molar-refractivity contribution is -0.140. The molecule has 0 saturated carbocycles. The highest BCUT2D eigenvalue weighted by molar-refractivity contribution is 6.46. The molecule has 8 nitrogen and oxygen atoms in total. The highest BCUT2D eigenvalue weighted by Gasteiger charge is 2.46. The Balaban J connectivity index is 1.53. The van der Waals surface area contributed by atoms with E-state index in [4.69, 9.17) is 25.8 Å². The molecule has 2 fully saturated rings. The number of benzene rings is 2. The number of carbonyl (C=O) groups excluding carboxylic acids is 2. The highest BCUT2D eigenvalue weighted by atomic mass is 35.5. The molecule has 2 saturated heterocycles. The van der Waals surface area contributed by atoms with Gasteiger partial charge in [0.15, 0.2) is 11.5 Å². The molecule has 34 heavy (non-hydrogen) atoms. The molecule has 3 heterocycles. The van der Waals surface area contributed by atoms with E-state index in [0.717, 1.165) is 13.1 Å². The quantitative estimate of drug-likeness (QED) is 0.396. The Hall–Kier alpha value is -3.07. The Labute approximate surface area is 202 Å². The number of aliphatic hydroxyl groups is 1. The minimum atomic E-state index is -0.730. The van der Waals surface area contributed by atoms with Crippen LogP contribution in [-0.4, -0.2) is 79.2 Å². The van der Waals surface area contributed by atoms with Crippen LogP contribution in [0.3, 0.4) is 0 Å². The molecular weight excluding hydrogens is 460 g/mol. The number of likely N-dealkylation sites (tertiary alicyclic amines) is 1. The molecule has 1 amide bonds. The van der Waals surface area contributed by atoms with E-state index >= 15 is 0 Å². The van der Waals surface area contributed by atoms with E-state index in [1.807, 2.05) is 0 Å². The van der Waals surface area contributed by atoms with Crippen molar-refractivity contribution in [3.8, 4) is 11.5 Å². The predicted molar refractivity (Wildman–Crippen MR) is 125 cm³/mol. The Morgan fingerprint density at radius 1 is 0.941 bits per heavy atom. The molecular formula is C25H25ClN2O6. The number of nitrogens with zero attached hydrogens (tertiary/aromatic N) is 2. The van der Waals surface area contributed by atoms with Gasteiger partial charge in [0.2, 0.25) is 0 Å². The number of rotatable bonds is 5. The standard InChI is InChI=1S/C25H25ClN2O6/c26-18-4-1-16(2-5-18)22-21(23(29)17-3-6-19-20(15-17)34-14-13-33-19)24(30)25(31)28(22)8-7-27-9-11-32-12-10-27/h1-6,15,22,29H,7-14H2/b23-21+. The van der Waals surface area contributed by atoms with Crippen molar-refractivity contribution in [2.45, 2.75) is 6.04 Å². The first-order valence-electron chi connectivity index (χ1n) is 11.3.